The number of hydrogen-bond donors (Lipinski definition) is 0. The van der Waals surface area contributed by atoms with Crippen molar-refractivity contribution in [3.63, 3.8) is 0 Å². The molecule has 0 aliphatic rings. The topological polar surface area (TPSA) is 104 Å². The van der Waals surface area contributed by atoms with E-state index in [1.807, 2.05) is 96.5 Å². The lowest BCUT2D eigenvalue weighted by Gasteiger charge is -1.95. The summed E-state index contributed by atoms with van der Waals surface area (Å²) in [6.45, 7) is 12.3. The molecule has 0 fully saturated rings. The van der Waals surface area contributed by atoms with Gasteiger partial charge in [-0.15, -0.1) is 22.7 Å². The van der Waals surface area contributed by atoms with Gasteiger partial charge in [0.15, 0.2) is 0 Å². The van der Waals surface area contributed by atoms with Crippen molar-refractivity contribution in [3.05, 3.63) is 232 Å². The average molecular weight is 869 g/mol. The smallest absolute Gasteiger partial charge is 0.250 e. The SMILES string of the molecule is Cc1ccc2cccnc2c1.Cc1ccc2ncsc2c1.Cc1ccc2scnc2c1.Cc1ccccn1.Cc1cccnc1.Cc1ccn2ccnc2c1.Cn1ccccc1=O. The van der Waals surface area contributed by atoms with E-state index in [-0.39, 0.29) is 5.56 Å². The zero-order valence-electron chi connectivity index (χ0n) is 36.7. The molecule has 0 saturated carbocycles. The molecule has 0 atom stereocenters. The highest BCUT2D eigenvalue weighted by molar-refractivity contribution is 7.17. The second kappa shape index (κ2) is 24.9. The number of aryl methyl sites for hydroxylation is 7. The van der Waals surface area contributed by atoms with Gasteiger partial charge in [0, 0.05) is 73.8 Å². The van der Waals surface area contributed by atoms with Crippen LogP contribution in [0.25, 0.3) is 37.0 Å². The lowest BCUT2D eigenvalue weighted by Crippen LogP contribution is -2.12. The number of thiazole rings is 2. The molecular weight excluding hydrogens is 817 g/mol. The predicted molar refractivity (Wildman–Crippen MR) is 265 cm³/mol. The molecule has 3 aromatic carbocycles. The number of hydrogen-bond acceptors (Lipinski definition) is 9. The molecule has 11 heteroatoms. The summed E-state index contributed by atoms with van der Waals surface area (Å²) >= 11 is 3.38. The molecule has 0 radical (unpaired) electrons. The van der Waals surface area contributed by atoms with Crippen LogP contribution in [0.3, 0.4) is 0 Å². The molecular formula is C52H52N8OS2. The highest BCUT2D eigenvalue weighted by Gasteiger charge is 1.95. The van der Waals surface area contributed by atoms with Gasteiger partial charge in [0.2, 0.25) is 5.56 Å². The molecule has 0 aliphatic heterocycles. The number of pyridine rings is 5. The van der Waals surface area contributed by atoms with Crippen LogP contribution >= 0.6 is 22.7 Å². The molecule has 0 aliphatic carbocycles. The lowest BCUT2D eigenvalue weighted by atomic mass is 10.1. The van der Waals surface area contributed by atoms with Crippen molar-refractivity contribution in [2.45, 2.75) is 41.5 Å². The molecule has 63 heavy (non-hydrogen) atoms. The van der Waals surface area contributed by atoms with Crippen LogP contribution in [0.2, 0.25) is 0 Å². The molecule has 0 unspecified atom stereocenters. The molecule has 0 bridgehead atoms. The van der Waals surface area contributed by atoms with Crippen LogP contribution in [0.5, 0.6) is 0 Å². The van der Waals surface area contributed by atoms with Crippen LogP contribution in [0.4, 0.5) is 0 Å². The Morgan fingerprint density at radius 2 is 1.14 bits per heavy atom. The number of rotatable bonds is 0. The van der Waals surface area contributed by atoms with Gasteiger partial charge in [0.25, 0.3) is 0 Å². The molecule has 318 valence electrons. The quantitative estimate of drug-likeness (QED) is 0.149. The Labute approximate surface area is 377 Å². The first kappa shape index (κ1) is 46.8. The maximum atomic E-state index is 10.6. The average Bonchev–Trinajstić information content (AvgIpc) is 4.08. The summed E-state index contributed by atoms with van der Waals surface area (Å²) in [5.74, 6) is 0. The van der Waals surface area contributed by atoms with Gasteiger partial charge in [0.1, 0.15) is 5.65 Å². The molecule has 11 aromatic rings. The summed E-state index contributed by atoms with van der Waals surface area (Å²) in [5.41, 5.74) is 15.5. The third-order valence-electron chi connectivity index (χ3n) is 8.92. The van der Waals surface area contributed by atoms with E-state index in [4.69, 9.17) is 0 Å². The second-order valence-electron chi connectivity index (χ2n) is 14.4. The number of benzene rings is 3. The molecule has 8 aromatic heterocycles. The largest absolute Gasteiger partial charge is 0.319 e. The van der Waals surface area contributed by atoms with E-state index in [0.29, 0.717) is 0 Å². The van der Waals surface area contributed by atoms with Gasteiger partial charge < -0.3 is 8.97 Å². The Morgan fingerprint density at radius 1 is 0.460 bits per heavy atom. The van der Waals surface area contributed by atoms with Gasteiger partial charge in [-0.2, -0.15) is 0 Å². The normalized spacial score (nSPS) is 9.89. The van der Waals surface area contributed by atoms with Crippen LogP contribution in [-0.2, 0) is 7.05 Å². The molecule has 11 rings (SSSR count). The highest BCUT2D eigenvalue weighted by atomic mass is 32.1. The van der Waals surface area contributed by atoms with E-state index in [0.717, 1.165) is 27.9 Å². The van der Waals surface area contributed by atoms with Crippen LogP contribution in [-0.4, -0.2) is 38.9 Å². The van der Waals surface area contributed by atoms with Gasteiger partial charge in [-0.1, -0.05) is 48.5 Å². The number of aromatic nitrogens is 8. The van der Waals surface area contributed by atoms with E-state index >= 15 is 0 Å². The maximum Gasteiger partial charge on any atom is 0.250 e. The zero-order valence-corrected chi connectivity index (χ0v) is 38.3. The zero-order chi connectivity index (χ0) is 44.8. The number of nitrogens with zero attached hydrogens (tertiary/aromatic N) is 8. The first-order valence-electron chi connectivity index (χ1n) is 20.2. The maximum absolute atomic E-state index is 10.6. The van der Waals surface area contributed by atoms with Gasteiger partial charge >= 0.3 is 0 Å². The van der Waals surface area contributed by atoms with Crippen molar-refractivity contribution in [1.82, 2.24) is 38.9 Å². The Kier molecular flexibility index (Phi) is 18.5. The van der Waals surface area contributed by atoms with Gasteiger partial charge in [-0.25, -0.2) is 15.0 Å². The van der Waals surface area contributed by atoms with Crippen molar-refractivity contribution >= 4 is 59.7 Å². The van der Waals surface area contributed by atoms with Gasteiger partial charge in [0.05, 0.1) is 37.0 Å². The first-order valence-corrected chi connectivity index (χ1v) is 22.0. The molecule has 0 spiro atoms. The number of fused-ring (bicyclic) bond motifs is 4. The van der Waals surface area contributed by atoms with Crippen LogP contribution in [0.1, 0.15) is 33.5 Å². The molecule has 0 N–H and O–H groups in total. The Morgan fingerprint density at radius 3 is 1.81 bits per heavy atom. The summed E-state index contributed by atoms with van der Waals surface area (Å²) in [6, 6.07) is 41.9. The molecule has 9 nitrogen and oxygen atoms in total. The Bertz CT molecular complexity index is 2880. The Balaban J connectivity index is 0.000000139. The molecule has 0 saturated heterocycles. The lowest BCUT2D eigenvalue weighted by molar-refractivity contribution is 0.860. The van der Waals surface area contributed by atoms with Gasteiger partial charge in [-0.3, -0.25) is 19.7 Å². The fraction of sp³-hybridized carbons (Fsp3) is 0.135. The van der Waals surface area contributed by atoms with E-state index in [1.165, 1.54) is 53.2 Å². The summed E-state index contributed by atoms with van der Waals surface area (Å²) in [6.07, 6.45) is 14.7. The van der Waals surface area contributed by atoms with Crippen molar-refractivity contribution < 1.29 is 0 Å². The third-order valence-corrected chi connectivity index (χ3v) is 10.5. The van der Waals surface area contributed by atoms with Crippen LogP contribution in [0.15, 0.2) is 193 Å². The summed E-state index contributed by atoms with van der Waals surface area (Å²) in [5, 5.41) is 1.21. The van der Waals surface area contributed by atoms with Crippen molar-refractivity contribution in [3.8, 4) is 0 Å². The predicted octanol–water partition coefficient (Wildman–Crippen LogP) is 12.6. The van der Waals surface area contributed by atoms with E-state index in [1.54, 1.807) is 60.6 Å². The number of imidazole rings is 1. The molecule has 0 amide bonds. The summed E-state index contributed by atoms with van der Waals surface area (Å²) < 4.78 is 6.07. The Hall–Kier alpha value is -7.21. The van der Waals surface area contributed by atoms with E-state index in [2.05, 4.69) is 130 Å². The first-order chi connectivity index (χ1) is 30.5. The monoisotopic (exact) mass is 868 g/mol. The summed E-state index contributed by atoms with van der Waals surface area (Å²) in [4.78, 5) is 35.2. The van der Waals surface area contributed by atoms with Crippen LogP contribution in [0, 0.1) is 41.5 Å². The van der Waals surface area contributed by atoms with Crippen LogP contribution < -0.4 is 5.56 Å². The van der Waals surface area contributed by atoms with Gasteiger partial charge in [-0.05, 0) is 142 Å². The minimum atomic E-state index is 0.0347. The third kappa shape index (κ3) is 16.3. The minimum Gasteiger partial charge on any atom is -0.319 e. The standard InChI is InChI=1S/C10H9N.C8H8N2.2C8H7NS.C6H7NO.2C6H7N/c1-8-4-5-9-3-2-6-11-10(9)7-8;1-7-2-4-10-5-3-9-8(10)6-7;1-6-2-3-8-7(4-6)9-5-10-8;1-6-2-3-7-8(4-6)10-5-9-7;1-7-5-3-2-4-6(7)8;1-6-3-2-4-7-5-6;1-6-4-2-3-5-7-6/h2-7H,1H3;2-6H,1H3;2*2-5H,1H3;2-5H,1H3;2*2-5H,1H3. The fourth-order valence-electron chi connectivity index (χ4n) is 5.52. The van der Waals surface area contributed by atoms with Crippen molar-refractivity contribution in [2.24, 2.45) is 7.05 Å². The highest BCUT2D eigenvalue weighted by Crippen LogP contribution is 2.19. The minimum absolute atomic E-state index is 0.0347. The fourth-order valence-corrected chi connectivity index (χ4v) is 6.96. The van der Waals surface area contributed by atoms with Crippen molar-refractivity contribution in [1.29, 1.82) is 0 Å². The molecule has 8 heterocycles. The summed E-state index contributed by atoms with van der Waals surface area (Å²) in [7, 11) is 1.72. The second-order valence-corrected chi connectivity index (χ2v) is 16.2. The van der Waals surface area contributed by atoms with E-state index < -0.39 is 0 Å². The van der Waals surface area contributed by atoms with Crippen molar-refractivity contribution in [2.75, 3.05) is 0 Å². The van der Waals surface area contributed by atoms with E-state index in [9.17, 15) is 4.79 Å².